The van der Waals surface area contributed by atoms with Gasteiger partial charge in [-0.1, -0.05) is 42.5 Å². The van der Waals surface area contributed by atoms with E-state index in [-0.39, 0.29) is 17.5 Å². The van der Waals surface area contributed by atoms with Gasteiger partial charge >= 0.3 is 0 Å². The first-order valence-electron chi connectivity index (χ1n) is 9.53. The molecule has 4 rings (SSSR count). The van der Waals surface area contributed by atoms with E-state index in [1.807, 2.05) is 42.5 Å². The molecule has 1 heterocycles. The Kier molecular flexibility index (Phi) is 5.80. The van der Waals surface area contributed by atoms with Gasteiger partial charge in [0.1, 0.15) is 0 Å². The van der Waals surface area contributed by atoms with Crippen LogP contribution in [-0.4, -0.2) is 10.9 Å². The largest absolute Gasteiger partial charge is 0.341 e. The van der Waals surface area contributed by atoms with Crippen LogP contribution in [0.15, 0.2) is 91.3 Å². The van der Waals surface area contributed by atoms with Crippen LogP contribution in [0.25, 0.3) is 11.1 Å². The fourth-order valence-corrected chi connectivity index (χ4v) is 3.31. The number of nitrogens with one attached hydrogen (secondary N) is 1. The molecule has 0 fully saturated rings. The highest BCUT2D eigenvalue weighted by Crippen LogP contribution is 2.25. The van der Waals surface area contributed by atoms with Gasteiger partial charge in [0.25, 0.3) is 5.91 Å². The first-order valence-corrected chi connectivity index (χ1v) is 9.53. The molecule has 0 unspecified atom stereocenters. The van der Waals surface area contributed by atoms with Gasteiger partial charge in [0.15, 0.2) is 17.5 Å². The lowest BCUT2D eigenvalue weighted by Gasteiger charge is -2.20. The number of nitrogens with zero attached hydrogens (tertiary/aromatic N) is 1. The van der Waals surface area contributed by atoms with Gasteiger partial charge in [-0.2, -0.15) is 0 Å². The highest BCUT2D eigenvalue weighted by Gasteiger charge is 2.18. The van der Waals surface area contributed by atoms with E-state index >= 15 is 0 Å². The molecule has 1 amide bonds. The standard InChI is InChI=1S/C25H17F3N2O/c26-21-14-20(15-22(27)23(21)28)16-6-8-19(9-7-16)25(31)30-24(17-4-2-1-3-5-17)18-10-12-29-13-11-18/h1-15,24H,(H,30,31)/t24-/m0/s1. The molecule has 31 heavy (non-hydrogen) atoms. The Morgan fingerprint density at radius 3 is 1.94 bits per heavy atom. The zero-order chi connectivity index (χ0) is 21.8. The summed E-state index contributed by atoms with van der Waals surface area (Å²) in [6.45, 7) is 0. The van der Waals surface area contributed by atoms with Crippen molar-refractivity contribution in [3.63, 3.8) is 0 Å². The molecule has 3 aromatic carbocycles. The second-order valence-corrected chi connectivity index (χ2v) is 6.93. The zero-order valence-electron chi connectivity index (χ0n) is 16.2. The van der Waals surface area contributed by atoms with Gasteiger partial charge in [-0.05, 0) is 58.7 Å². The first-order chi connectivity index (χ1) is 15.0. The Hall–Kier alpha value is -3.93. The van der Waals surface area contributed by atoms with E-state index < -0.39 is 17.5 Å². The summed E-state index contributed by atoms with van der Waals surface area (Å²) in [7, 11) is 0. The van der Waals surface area contributed by atoms with Crippen molar-refractivity contribution < 1.29 is 18.0 Å². The molecular weight excluding hydrogens is 401 g/mol. The molecule has 1 aromatic heterocycles. The average Bonchev–Trinajstić information content (AvgIpc) is 2.81. The molecule has 0 aliphatic heterocycles. The van der Waals surface area contributed by atoms with Gasteiger partial charge in [0.2, 0.25) is 0 Å². The lowest BCUT2D eigenvalue weighted by molar-refractivity contribution is 0.0943. The molecule has 1 atom stereocenters. The minimum atomic E-state index is -1.51. The fraction of sp³-hybridized carbons (Fsp3) is 0.0400. The number of rotatable bonds is 5. The molecule has 0 spiro atoms. The van der Waals surface area contributed by atoms with Crippen molar-refractivity contribution in [2.45, 2.75) is 6.04 Å². The molecule has 154 valence electrons. The van der Waals surface area contributed by atoms with Crippen LogP contribution >= 0.6 is 0 Å². The maximum atomic E-state index is 13.5. The van der Waals surface area contributed by atoms with Crippen molar-refractivity contribution in [1.29, 1.82) is 0 Å². The number of benzene rings is 3. The number of hydrogen-bond acceptors (Lipinski definition) is 2. The highest BCUT2D eigenvalue weighted by atomic mass is 19.2. The number of carbonyl (C=O) groups excluding carboxylic acids is 1. The molecule has 0 aliphatic carbocycles. The molecule has 0 aliphatic rings. The van der Waals surface area contributed by atoms with Crippen molar-refractivity contribution in [2.24, 2.45) is 0 Å². The maximum absolute atomic E-state index is 13.5. The van der Waals surface area contributed by atoms with Gasteiger partial charge < -0.3 is 5.32 Å². The van der Waals surface area contributed by atoms with Gasteiger partial charge in [0.05, 0.1) is 6.04 Å². The third-order valence-electron chi connectivity index (χ3n) is 4.91. The van der Waals surface area contributed by atoms with Gasteiger partial charge in [-0.25, -0.2) is 13.2 Å². The predicted octanol–water partition coefficient (Wildman–Crippen LogP) is 5.69. The quantitative estimate of drug-likeness (QED) is 0.424. The summed E-state index contributed by atoms with van der Waals surface area (Å²) in [5.74, 6) is -4.35. The summed E-state index contributed by atoms with van der Waals surface area (Å²) in [4.78, 5) is 16.9. The van der Waals surface area contributed by atoms with Crippen molar-refractivity contribution in [3.8, 4) is 11.1 Å². The molecule has 6 heteroatoms. The molecule has 1 N–H and O–H groups in total. The van der Waals surface area contributed by atoms with Crippen LogP contribution in [0, 0.1) is 17.5 Å². The summed E-state index contributed by atoms with van der Waals surface area (Å²) in [6.07, 6.45) is 3.32. The molecule has 4 aromatic rings. The van der Waals surface area contributed by atoms with Crippen LogP contribution in [0.1, 0.15) is 27.5 Å². The number of pyridine rings is 1. The SMILES string of the molecule is O=C(N[C@@H](c1ccccc1)c1ccncc1)c1ccc(-c2cc(F)c(F)c(F)c2)cc1. The molecule has 0 saturated heterocycles. The van der Waals surface area contributed by atoms with Crippen molar-refractivity contribution in [3.05, 3.63) is 125 Å². The second kappa shape index (κ2) is 8.83. The van der Waals surface area contributed by atoms with E-state index in [0.29, 0.717) is 11.1 Å². The Morgan fingerprint density at radius 1 is 0.742 bits per heavy atom. The molecule has 0 bridgehead atoms. The van der Waals surface area contributed by atoms with E-state index in [4.69, 9.17) is 0 Å². The summed E-state index contributed by atoms with van der Waals surface area (Å²) in [5, 5.41) is 3.01. The second-order valence-electron chi connectivity index (χ2n) is 6.93. The predicted molar refractivity (Wildman–Crippen MR) is 112 cm³/mol. The lowest BCUT2D eigenvalue weighted by atomic mass is 9.98. The third-order valence-corrected chi connectivity index (χ3v) is 4.91. The van der Waals surface area contributed by atoms with Crippen LogP contribution in [-0.2, 0) is 0 Å². The number of carbonyl (C=O) groups is 1. The lowest BCUT2D eigenvalue weighted by Crippen LogP contribution is -2.29. The van der Waals surface area contributed by atoms with Crippen LogP contribution < -0.4 is 5.32 Å². The normalized spacial score (nSPS) is 11.7. The monoisotopic (exact) mass is 418 g/mol. The van der Waals surface area contributed by atoms with Crippen molar-refractivity contribution in [1.82, 2.24) is 10.3 Å². The minimum absolute atomic E-state index is 0.183. The topological polar surface area (TPSA) is 42.0 Å². The van der Waals surface area contributed by atoms with E-state index in [1.54, 1.807) is 36.7 Å². The molecule has 0 radical (unpaired) electrons. The number of aromatic nitrogens is 1. The van der Waals surface area contributed by atoms with Crippen molar-refractivity contribution in [2.75, 3.05) is 0 Å². The summed E-state index contributed by atoms with van der Waals surface area (Å²) in [6, 6.07) is 20.9. The smallest absolute Gasteiger partial charge is 0.252 e. The average molecular weight is 418 g/mol. The summed E-state index contributed by atoms with van der Waals surface area (Å²) in [5.41, 5.74) is 2.81. The minimum Gasteiger partial charge on any atom is -0.341 e. The Bertz CT molecular complexity index is 1130. The van der Waals surface area contributed by atoms with Crippen LogP contribution in [0.5, 0.6) is 0 Å². The Labute approximate surface area is 177 Å². The number of hydrogen-bond donors (Lipinski definition) is 1. The molecular formula is C25H17F3N2O. The van der Waals surface area contributed by atoms with Crippen LogP contribution in [0.3, 0.4) is 0 Å². The van der Waals surface area contributed by atoms with Crippen LogP contribution in [0.2, 0.25) is 0 Å². The first kappa shape index (κ1) is 20.3. The highest BCUT2D eigenvalue weighted by molar-refractivity contribution is 5.95. The van der Waals surface area contributed by atoms with Gasteiger partial charge in [0, 0.05) is 18.0 Å². The zero-order valence-corrected chi connectivity index (χ0v) is 16.2. The van der Waals surface area contributed by atoms with E-state index in [2.05, 4.69) is 10.3 Å². The Balaban J connectivity index is 1.59. The molecule has 3 nitrogen and oxygen atoms in total. The van der Waals surface area contributed by atoms with Crippen molar-refractivity contribution >= 4 is 5.91 Å². The number of halogens is 3. The van der Waals surface area contributed by atoms with Crippen LogP contribution in [0.4, 0.5) is 13.2 Å². The maximum Gasteiger partial charge on any atom is 0.252 e. The summed E-state index contributed by atoms with van der Waals surface area (Å²) < 4.78 is 40.2. The van der Waals surface area contributed by atoms with E-state index in [9.17, 15) is 18.0 Å². The number of amides is 1. The Morgan fingerprint density at radius 2 is 1.32 bits per heavy atom. The fourth-order valence-electron chi connectivity index (χ4n) is 3.31. The van der Waals surface area contributed by atoms with Gasteiger partial charge in [-0.15, -0.1) is 0 Å². The third kappa shape index (κ3) is 4.48. The summed E-state index contributed by atoms with van der Waals surface area (Å²) >= 11 is 0. The van der Waals surface area contributed by atoms with E-state index in [0.717, 1.165) is 23.3 Å². The molecule has 0 saturated carbocycles. The van der Waals surface area contributed by atoms with Gasteiger partial charge in [-0.3, -0.25) is 9.78 Å². The van der Waals surface area contributed by atoms with E-state index in [1.165, 1.54) is 0 Å².